The first-order chi connectivity index (χ1) is 7.86. The van der Waals surface area contributed by atoms with Gasteiger partial charge in [0.1, 0.15) is 0 Å². The van der Waals surface area contributed by atoms with Crippen LogP contribution in [-0.2, 0) is 6.42 Å². The topological polar surface area (TPSA) is 50.9 Å². The predicted molar refractivity (Wildman–Crippen MR) is 63.4 cm³/mol. The summed E-state index contributed by atoms with van der Waals surface area (Å²) in [6.07, 6.45) is 8.98. The minimum absolute atomic E-state index is 0.440. The molecule has 0 spiro atoms. The Hall–Kier alpha value is -0.930. The second kappa shape index (κ2) is 4.15. The van der Waals surface area contributed by atoms with E-state index in [1.54, 1.807) is 0 Å². The molecule has 0 aromatic carbocycles. The SMILES string of the molecule is NNC(Cc1ccncc1)C1CC2CC2C1. The van der Waals surface area contributed by atoms with Crippen LogP contribution in [-0.4, -0.2) is 11.0 Å². The second-order valence-corrected chi connectivity index (χ2v) is 5.32. The molecule has 3 atom stereocenters. The van der Waals surface area contributed by atoms with Crippen molar-refractivity contribution < 1.29 is 0 Å². The first-order valence-corrected chi connectivity index (χ1v) is 6.22. The molecule has 3 N–H and O–H groups in total. The van der Waals surface area contributed by atoms with E-state index in [0.717, 1.165) is 24.2 Å². The summed E-state index contributed by atoms with van der Waals surface area (Å²) in [5, 5.41) is 0. The standard InChI is InChI=1S/C13H19N3/c14-16-13(5-9-1-3-15-4-2-9)12-7-10-6-11(10)8-12/h1-4,10-13,16H,5-8,14H2. The Morgan fingerprint density at radius 3 is 2.56 bits per heavy atom. The quantitative estimate of drug-likeness (QED) is 0.593. The van der Waals surface area contributed by atoms with E-state index in [9.17, 15) is 0 Å². The van der Waals surface area contributed by atoms with E-state index in [1.807, 2.05) is 12.4 Å². The fraction of sp³-hybridized carbons (Fsp3) is 0.615. The summed E-state index contributed by atoms with van der Waals surface area (Å²) in [6, 6.07) is 4.61. The van der Waals surface area contributed by atoms with Crippen molar-refractivity contribution in [3.05, 3.63) is 30.1 Å². The van der Waals surface area contributed by atoms with Crippen molar-refractivity contribution in [3.63, 3.8) is 0 Å². The third kappa shape index (κ3) is 1.97. The molecule has 86 valence electrons. The van der Waals surface area contributed by atoms with Crippen LogP contribution in [0.4, 0.5) is 0 Å². The van der Waals surface area contributed by atoms with Crippen molar-refractivity contribution in [2.75, 3.05) is 0 Å². The molecule has 1 heterocycles. The van der Waals surface area contributed by atoms with Crippen LogP contribution in [0.1, 0.15) is 24.8 Å². The molecule has 16 heavy (non-hydrogen) atoms. The first kappa shape index (κ1) is 10.2. The zero-order valence-electron chi connectivity index (χ0n) is 9.47. The van der Waals surface area contributed by atoms with Gasteiger partial charge in [0.15, 0.2) is 0 Å². The Kier molecular flexibility index (Phi) is 2.65. The molecule has 2 saturated carbocycles. The monoisotopic (exact) mass is 217 g/mol. The molecule has 0 radical (unpaired) electrons. The summed E-state index contributed by atoms with van der Waals surface area (Å²) in [6.45, 7) is 0. The number of hydrazine groups is 1. The van der Waals surface area contributed by atoms with E-state index in [1.165, 1.54) is 24.8 Å². The summed E-state index contributed by atoms with van der Waals surface area (Å²) in [5.74, 6) is 8.53. The summed E-state index contributed by atoms with van der Waals surface area (Å²) in [7, 11) is 0. The van der Waals surface area contributed by atoms with Gasteiger partial charge in [0.2, 0.25) is 0 Å². The molecule has 3 heteroatoms. The van der Waals surface area contributed by atoms with Gasteiger partial charge in [0.25, 0.3) is 0 Å². The van der Waals surface area contributed by atoms with Gasteiger partial charge in [-0.3, -0.25) is 16.3 Å². The highest BCUT2D eigenvalue weighted by atomic mass is 15.2. The van der Waals surface area contributed by atoms with Gasteiger partial charge in [-0.2, -0.15) is 0 Å². The molecule has 2 fully saturated rings. The lowest BCUT2D eigenvalue weighted by Crippen LogP contribution is -2.42. The zero-order valence-corrected chi connectivity index (χ0v) is 9.47. The lowest BCUT2D eigenvalue weighted by Gasteiger charge is -2.24. The normalized spacial score (nSPS) is 33.4. The number of pyridine rings is 1. The van der Waals surface area contributed by atoms with Crippen LogP contribution in [0, 0.1) is 17.8 Å². The highest BCUT2D eigenvalue weighted by Gasteiger charge is 2.47. The Morgan fingerprint density at radius 1 is 1.25 bits per heavy atom. The maximum atomic E-state index is 5.70. The van der Waals surface area contributed by atoms with Crippen LogP contribution in [0.3, 0.4) is 0 Å². The van der Waals surface area contributed by atoms with Gasteiger partial charge in [-0.25, -0.2) is 0 Å². The summed E-state index contributed by atoms with van der Waals surface area (Å²) in [5.41, 5.74) is 4.35. The maximum absolute atomic E-state index is 5.70. The lowest BCUT2D eigenvalue weighted by molar-refractivity contribution is 0.336. The smallest absolute Gasteiger partial charge is 0.0279 e. The molecular formula is C13H19N3. The van der Waals surface area contributed by atoms with E-state index in [2.05, 4.69) is 22.5 Å². The van der Waals surface area contributed by atoms with Crippen LogP contribution in [0.25, 0.3) is 0 Å². The van der Waals surface area contributed by atoms with Gasteiger partial charge in [-0.1, -0.05) is 0 Å². The van der Waals surface area contributed by atoms with Crippen molar-refractivity contribution in [1.82, 2.24) is 10.4 Å². The van der Waals surface area contributed by atoms with E-state index in [0.29, 0.717) is 6.04 Å². The molecule has 2 aliphatic carbocycles. The number of nitrogens with one attached hydrogen (secondary N) is 1. The van der Waals surface area contributed by atoms with Crippen LogP contribution in [0.15, 0.2) is 24.5 Å². The number of aromatic nitrogens is 1. The minimum atomic E-state index is 0.440. The van der Waals surface area contributed by atoms with Crippen LogP contribution in [0.2, 0.25) is 0 Å². The number of hydrogen-bond donors (Lipinski definition) is 2. The molecule has 3 unspecified atom stereocenters. The van der Waals surface area contributed by atoms with E-state index < -0.39 is 0 Å². The molecule has 0 saturated heterocycles. The number of nitrogens with zero attached hydrogens (tertiary/aromatic N) is 1. The third-order valence-corrected chi connectivity index (χ3v) is 4.27. The highest BCUT2D eigenvalue weighted by molar-refractivity contribution is 5.12. The van der Waals surface area contributed by atoms with Gasteiger partial charge >= 0.3 is 0 Å². The average Bonchev–Trinajstić information content (AvgIpc) is 2.94. The van der Waals surface area contributed by atoms with E-state index in [-0.39, 0.29) is 0 Å². The molecule has 1 aromatic heterocycles. The van der Waals surface area contributed by atoms with Crippen molar-refractivity contribution in [2.45, 2.75) is 31.7 Å². The second-order valence-electron chi connectivity index (χ2n) is 5.32. The number of hydrogen-bond acceptors (Lipinski definition) is 3. The van der Waals surface area contributed by atoms with E-state index >= 15 is 0 Å². The summed E-state index contributed by atoms with van der Waals surface area (Å²) in [4.78, 5) is 4.04. The average molecular weight is 217 g/mol. The summed E-state index contributed by atoms with van der Waals surface area (Å²) >= 11 is 0. The maximum Gasteiger partial charge on any atom is 0.0279 e. The summed E-state index contributed by atoms with van der Waals surface area (Å²) < 4.78 is 0. The van der Waals surface area contributed by atoms with Gasteiger partial charge in [-0.15, -0.1) is 0 Å². The zero-order chi connectivity index (χ0) is 11.0. The van der Waals surface area contributed by atoms with Crippen LogP contribution >= 0.6 is 0 Å². The van der Waals surface area contributed by atoms with E-state index in [4.69, 9.17) is 5.84 Å². The Labute approximate surface area is 96.4 Å². The van der Waals surface area contributed by atoms with Crippen LogP contribution < -0.4 is 11.3 Å². The molecule has 3 nitrogen and oxygen atoms in total. The first-order valence-electron chi connectivity index (χ1n) is 6.22. The van der Waals surface area contributed by atoms with Gasteiger partial charge in [0, 0.05) is 18.4 Å². The van der Waals surface area contributed by atoms with Crippen molar-refractivity contribution in [3.8, 4) is 0 Å². The number of rotatable bonds is 4. The molecule has 1 aromatic rings. The van der Waals surface area contributed by atoms with Crippen LogP contribution in [0.5, 0.6) is 0 Å². The fourth-order valence-electron chi connectivity index (χ4n) is 3.22. The molecular weight excluding hydrogens is 198 g/mol. The fourth-order valence-corrected chi connectivity index (χ4v) is 3.22. The Bertz CT molecular complexity index is 341. The number of fused-ring (bicyclic) bond motifs is 1. The van der Waals surface area contributed by atoms with Crippen molar-refractivity contribution >= 4 is 0 Å². The minimum Gasteiger partial charge on any atom is -0.271 e. The molecule has 3 rings (SSSR count). The largest absolute Gasteiger partial charge is 0.271 e. The van der Waals surface area contributed by atoms with Gasteiger partial charge in [0.05, 0.1) is 0 Å². The number of nitrogens with two attached hydrogens (primary N) is 1. The molecule has 0 bridgehead atoms. The van der Waals surface area contributed by atoms with Crippen molar-refractivity contribution in [2.24, 2.45) is 23.6 Å². The molecule has 0 aliphatic heterocycles. The predicted octanol–water partition coefficient (Wildman–Crippen LogP) is 1.50. The Balaban J connectivity index is 1.63. The Morgan fingerprint density at radius 2 is 1.94 bits per heavy atom. The molecule has 2 aliphatic rings. The lowest BCUT2D eigenvalue weighted by atomic mass is 9.90. The van der Waals surface area contributed by atoms with Gasteiger partial charge < -0.3 is 0 Å². The highest BCUT2D eigenvalue weighted by Crippen LogP contribution is 2.55. The molecule has 0 amide bonds. The third-order valence-electron chi connectivity index (χ3n) is 4.27. The van der Waals surface area contributed by atoms with Gasteiger partial charge in [-0.05, 0) is 61.1 Å². The van der Waals surface area contributed by atoms with Crippen molar-refractivity contribution in [1.29, 1.82) is 0 Å².